The van der Waals surface area contributed by atoms with E-state index in [1.165, 1.54) is 35.6 Å². The van der Waals surface area contributed by atoms with Gasteiger partial charge in [0.05, 0.1) is 12.2 Å². The van der Waals surface area contributed by atoms with Crippen LogP contribution in [-0.4, -0.2) is 27.4 Å². The third-order valence-electron chi connectivity index (χ3n) is 8.32. The Morgan fingerprint density at radius 2 is 1.63 bits per heavy atom. The second-order valence-electron chi connectivity index (χ2n) is 11.8. The van der Waals surface area contributed by atoms with Crippen molar-refractivity contribution in [3.05, 3.63) is 66.4 Å². The summed E-state index contributed by atoms with van der Waals surface area (Å²) in [6.07, 6.45) is 6.85. The maximum Gasteiger partial charge on any atom is 0.0646 e. The molecule has 2 fully saturated rings. The van der Waals surface area contributed by atoms with E-state index in [1.54, 1.807) is 0 Å². The monoisotopic (exact) mass is 651 g/mol. The van der Waals surface area contributed by atoms with Crippen molar-refractivity contribution in [1.82, 2.24) is 4.98 Å². The van der Waals surface area contributed by atoms with Gasteiger partial charge < -0.3 is 15.2 Å². The van der Waals surface area contributed by atoms with Crippen LogP contribution in [0.2, 0.25) is 0 Å². The van der Waals surface area contributed by atoms with Gasteiger partial charge in [0.25, 0.3) is 0 Å². The van der Waals surface area contributed by atoms with Crippen molar-refractivity contribution in [2.45, 2.75) is 78.9 Å². The van der Waals surface area contributed by atoms with E-state index < -0.39 is 0 Å². The number of fused-ring (bicyclic) bond motifs is 2. The summed E-state index contributed by atoms with van der Waals surface area (Å²) in [5, 5.41) is 23.7. The molecule has 4 atom stereocenters. The van der Waals surface area contributed by atoms with Gasteiger partial charge in [-0.15, -0.1) is 35.9 Å². The Morgan fingerprint density at radius 3 is 2.31 bits per heavy atom. The van der Waals surface area contributed by atoms with Crippen LogP contribution < -0.4 is 0 Å². The van der Waals surface area contributed by atoms with Crippen LogP contribution in [-0.2, 0) is 20.1 Å². The fraction of sp³-hybridized carbons (Fsp3) is 0.516. The third-order valence-corrected chi connectivity index (χ3v) is 8.32. The van der Waals surface area contributed by atoms with Crippen LogP contribution in [0.25, 0.3) is 22.0 Å². The molecule has 35 heavy (non-hydrogen) atoms. The number of aliphatic hydroxyl groups excluding tert-OH is 2. The van der Waals surface area contributed by atoms with Gasteiger partial charge in [-0.05, 0) is 71.9 Å². The molecule has 3 nitrogen and oxygen atoms in total. The summed E-state index contributed by atoms with van der Waals surface area (Å²) in [4.78, 5) is 4.49. The van der Waals surface area contributed by atoms with Crippen molar-refractivity contribution in [3.63, 3.8) is 0 Å². The molecule has 0 spiro atoms. The van der Waals surface area contributed by atoms with Gasteiger partial charge in [0.15, 0.2) is 0 Å². The van der Waals surface area contributed by atoms with Crippen molar-refractivity contribution >= 4 is 10.8 Å². The van der Waals surface area contributed by atoms with Gasteiger partial charge in [0, 0.05) is 32.2 Å². The Kier molecular flexibility index (Phi) is 8.97. The molecular formula is C31H40IrNO2-. The van der Waals surface area contributed by atoms with E-state index in [1.807, 2.05) is 36.5 Å². The predicted octanol–water partition coefficient (Wildman–Crippen LogP) is 6.98. The molecule has 3 aromatic rings. The number of benzene rings is 2. The predicted molar refractivity (Wildman–Crippen MR) is 140 cm³/mol. The summed E-state index contributed by atoms with van der Waals surface area (Å²) in [5.74, 6) is 0.603. The zero-order valence-corrected chi connectivity index (χ0v) is 24.1. The molecule has 4 unspecified atom stereocenters. The van der Waals surface area contributed by atoms with Crippen LogP contribution in [0, 0.1) is 35.7 Å². The SMILES string of the molecule is CC1(C)CCCC2CCC(C)(C)C(O)C2C1O.Cc1ccc2ccnc(-c3[c-]cccc3)c2c1.[Ir]. The van der Waals surface area contributed by atoms with Crippen molar-refractivity contribution in [2.24, 2.45) is 22.7 Å². The normalized spacial score (nSPS) is 26.9. The molecule has 4 heteroatoms. The van der Waals surface area contributed by atoms with Gasteiger partial charge in [0.1, 0.15) is 0 Å². The quantitative estimate of drug-likeness (QED) is 0.280. The number of aromatic nitrogens is 1. The first-order valence-corrected chi connectivity index (χ1v) is 12.8. The van der Waals surface area contributed by atoms with Crippen LogP contribution in [0.15, 0.2) is 54.7 Å². The standard InChI is InChI=1S/C16H12N.C15H28O2.Ir/c1-12-7-8-13-9-10-17-16(15(13)11-12)14-5-3-2-4-6-14;1-14(2)8-5-6-10-7-9-15(3,4)13(17)11(10)12(14)16;/h2-5,7-11H,1H3;10-13,16-17H,5-9H2,1-4H3;/q-1;;. The van der Waals surface area contributed by atoms with Crippen LogP contribution in [0.5, 0.6) is 0 Å². The van der Waals surface area contributed by atoms with E-state index in [9.17, 15) is 10.2 Å². The smallest absolute Gasteiger partial charge is 0.0646 e. The van der Waals surface area contributed by atoms with E-state index in [4.69, 9.17) is 0 Å². The summed E-state index contributed by atoms with van der Waals surface area (Å²) >= 11 is 0. The molecule has 2 aliphatic rings. The minimum absolute atomic E-state index is 0. The van der Waals surface area contributed by atoms with Crippen LogP contribution >= 0.6 is 0 Å². The first-order chi connectivity index (χ1) is 16.1. The van der Waals surface area contributed by atoms with Gasteiger partial charge in [-0.3, -0.25) is 0 Å². The fourth-order valence-corrected chi connectivity index (χ4v) is 5.97. The minimum Gasteiger partial charge on any atom is -0.392 e. The van der Waals surface area contributed by atoms with E-state index in [0.29, 0.717) is 5.92 Å². The molecule has 0 saturated heterocycles. The summed E-state index contributed by atoms with van der Waals surface area (Å²) in [6, 6.07) is 19.7. The summed E-state index contributed by atoms with van der Waals surface area (Å²) < 4.78 is 0. The molecule has 2 aliphatic carbocycles. The number of rotatable bonds is 1. The molecule has 1 radical (unpaired) electrons. The molecule has 1 heterocycles. The molecule has 0 aliphatic heterocycles. The third kappa shape index (κ3) is 6.05. The largest absolute Gasteiger partial charge is 0.392 e. The van der Waals surface area contributed by atoms with Crippen molar-refractivity contribution in [1.29, 1.82) is 0 Å². The zero-order chi connectivity index (χ0) is 24.5. The average molecular weight is 651 g/mol. The maximum absolute atomic E-state index is 10.7. The first kappa shape index (κ1) is 28.0. The van der Waals surface area contributed by atoms with Crippen LogP contribution in [0.3, 0.4) is 0 Å². The summed E-state index contributed by atoms with van der Waals surface area (Å²) in [7, 11) is 0. The Hall–Kier alpha value is -1.58. The maximum atomic E-state index is 10.7. The Balaban J connectivity index is 0.000000190. The minimum atomic E-state index is -0.357. The number of nitrogens with zero attached hydrogens (tertiary/aromatic N) is 1. The summed E-state index contributed by atoms with van der Waals surface area (Å²) in [5.41, 5.74) is 3.22. The van der Waals surface area contributed by atoms with Gasteiger partial charge in [-0.25, -0.2) is 0 Å². The molecule has 2 aromatic carbocycles. The second kappa shape index (κ2) is 11.2. The van der Waals surface area contributed by atoms with E-state index in [-0.39, 0.29) is 49.1 Å². The number of aliphatic hydroxyl groups is 2. The van der Waals surface area contributed by atoms with Gasteiger partial charge >= 0.3 is 0 Å². The first-order valence-electron chi connectivity index (χ1n) is 12.8. The van der Waals surface area contributed by atoms with Crippen molar-refractivity contribution in [3.8, 4) is 11.3 Å². The molecule has 2 saturated carbocycles. The molecule has 1 aromatic heterocycles. The zero-order valence-electron chi connectivity index (χ0n) is 21.7. The van der Waals surface area contributed by atoms with E-state index in [2.05, 4.69) is 63.9 Å². The Morgan fingerprint density at radius 1 is 0.914 bits per heavy atom. The second-order valence-corrected chi connectivity index (χ2v) is 11.8. The molecular weight excluding hydrogens is 611 g/mol. The average Bonchev–Trinajstić information content (AvgIpc) is 2.93. The van der Waals surface area contributed by atoms with Gasteiger partial charge in [0.2, 0.25) is 0 Å². The topological polar surface area (TPSA) is 53.4 Å². The van der Waals surface area contributed by atoms with Crippen molar-refractivity contribution < 1.29 is 30.3 Å². The number of aryl methyl sites for hydroxylation is 1. The molecule has 0 bridgehead atoms. The van der Waals surface area contributed by atoms with Gasteiger partial charge in [-0.1, -0.05) is 57.9 Å². The van der Waals surface area contributed by atoms with Crippen molar-refractivity contribution in [2.75, 3.05) is 0 Å². The fourth-order valence-electron chi connectivity index (χ4n) is 5.97. The summed E-state index contributed by atoms with van der Waals surface area (Å²) in [6.45, 7) is 10.7. The molecule has 2 N–H and O–H groups in total. The Labute approximate surface area is 224 Å². The van der Waals surface area contributed by atoms with Crippen LogP contribution in [0.1, 0.15) is 65.4 Å². The molecule has 5 rings (SSSR count). The Bertz CT molecular complexity index is 1110. The number of hydrogen-bond donors (Lipinski definition) is 2. The molecule has 191 valence electrons. The van der Waals surface area contributed by atoms with Gasteiger partial charge in [-0.2, -0.15) is 0 Å². The van der Waals surface area contributed by atoms with E-state index >= 15 is 0 Å². The molecule has 0 amide bonds. The van der Waals surface area contributed by atoms with Crippen LogP contribution in [0.4, 0.5) is 0 Å². The number of hydrogen-bond acceptors (Lipinski definition) is 3. The van der Waals surface area contributed by atoms with E-state index in [0.717, 1.165) is 24.1 Å². The number of pyridine rings is 1.